The lowest BCUT2D eigenvalue weighted by Gasteiger charge is -1.94. The summed E-state index contributed by atoms with van der Waals surface area (Å²) in [7, 11) is 1.72. The Kier molecular flexibility index (Phi) is 1.99. The molecule has 0 spiro atoms. The lowest BCUT2D eigenvalue weighted by atomic mass is 10.6. The highest BCUT2D eigenvalue weighted by atomic mass is 15.3. The van der Waals surface area contributed by atoms with Crippen molar-refractivity contribution in [3.05, 3.63) is 30.4 Å². The van der Waals surface area contributed by atoms with Crippen LogP contribution in [0.3, 0.4) is 0 Å². The van der Waals surface area contributed by atoms with E-state index < -0.39 is 0 Å². The average Bonchev–Trinajstić information content (AvgIpc) is 2.04. The summed E-state index contributed by atoms with van der Waals surface area (Å²) in [6, 6.07) is 3.71. The molecule has 0 fully saturated rings. The molecule has 0 N–H and O–H groups in total. The second kappa shape index (κ2) is 2.96. The summed E-state index contributed by atoms with van der Waals surface area (Å²) in [5.41, 5.74) is 0.803. The van der Waals surface area contributed by atoms with Gasteiger partial charge in [0, 0.05) is 19.4 Å². The number of nitrogens with zero attached hydrogens (tertiary/aromatic N) is 3. The fraction of sp³-hybridized carbons (Fsp3) is 0.143. The molecule has 0 amide bonds. The molecule has 1 heterocycles. The molecular weight excluding hydrogens is 126 g/mol. The SMILES string of the molecule is C=Cn1ncccc1=NC. The topological polar surface area (TPSA) is 30.2 Å². The normalized spacial score (nSPS) is 11.5. The van der Waals surface area contributed by atoms with Crippen molar-refractivity contribution >= 4 is 6.20 Å². The minimum absolute atomic E-state index is 0.803. The maximum atomic E-state index is 3.97. The molecule has 0 bridgehead atoms. The van der Waals surface area contributed by atoms with Crippen LogP contribution in [0.4, 0.5) is 0 Å². The van der Waals surface area contributed by atoms with Gasteiger partial charge >= 0.3 is 0 Å². The Hall–Kier alpha value is -1.38. The van der Waals surface area contributed by atoms with Gasteiger partial charge in [-0.15, -0.1) is 0 Å². The molecule has 0 radical (unpaired) electrons. The van der Waals surface area contributed by atoms with E-state index in [-0.39, 0.29) is 0 Å². The molecule has 52 valence electrons. The molecule has 0 aliphatic carbocycles. The summed E-state index contributed by atoms with van der Waals surface area (Å²) in [5.74, 6) is 0. The van der Waals surface area contributed by atoms with E-state index in [4.69, 9.17) is 0 Å². The predicted molar refractivity (Wildman–Crippen MR) is 40.1 cm³/mol. The van der Waals surface area contributed by atoms with Crippen LogP contribution in [-0.4, -0.2) is 16.8 Å². The number of rotatable bonds is 1. The van der Waals surface area contributed by atoms with E-state index in [1.807, 2.05) is 12.1 Å². The summed E-state index contributed by atoms with van der Waals surface area (Å²) in [6.45, 7) is 3.58. The van der Waals surface area contributed by atoms with E-state index in [2.05, 4.69) is 16.7 Å². The Balaban J connectivity index is 3.36. The molecule has 0 atom stereocenters. The molecule has 0 aromatic carbocycles. The first kappa shape index (κ1) is 6.74. The van der Waals surface area contributed by atoms with Crippen molar-refractivity contribution in [2.75, 3.05) is 7.05 Å². The van der Waals surface area contributed by atoms with Gasteiger partial charge in [0.15, 0.2) is 0 Å². The molecule has 0 unspecified atom stereocenters. The lowest BCUT2D eigenvalue weighted by Crippen LogP contribution is -2.17. The van der Waals surface area contributed by atoms with Crippen molar-refractivity contribution in [1.29, 1.82) is 0 Å². The number of aromatic nitrogens is 2. The van der Waals surface area contributed by atoms with Gasteiger partial charge in [-0.1, -0.05) is 6.58 Å². The van der Waals surface area contributed by atoms with Crippen LogP contribution in [0.15, 0.2) is 29.9 Å². The zero-order chi connectivity index (χ0) is 7.40. The van der Waals surface area contributed by atoms with Gasteiger partial charge in [0.1, 0.15) is 5.49 Å². The van der Waals surface area contributed by atoms with Crippen molar-refractivity contribution < 1.29 is 0 Å². The summed E-state index contributed by atoms with van der Waals surface area (Å²) in [5, 5.41) is 3.97. The number of hydrogen-bond acceptors (Lipinski definition) is 2. The van der Waals surface area contributed by atoms with Gasteiger partial charge in [-0.2, -0.15) is 5.10 Å². The quantitative estimate of drug-likeness (QED) is 0.552. The van der Waals surface area contributed by atoms with Crippen LogP contribution < -0.4 is 5.49 Å². The molecule has 1 rings (SSSR count). The first-order valence-corrected chi connectivity index (χ1v) is 2.97. The smallest absolute Gasteiger partial charge is 0.148 e. The fourth-order valence-corrected chi connectivity index (χ4v) is 0.693. The van der Waals surface area contributed by atoms with Crippen molar-refractivity contribution in [2.45, 2.75) is 0 Å². The van der Waals surface area contributed by atoms with Crippen molar-refractivity contribution in [2.24, 2.45) is 4.99 Å². The van der Waals surface area contributed by atoms with E-state index in [1.54, 1.807) is 24.1 Å². The molecule has 10 heavy (non-hydrogen) atoms. The Morgan fingerprint density at radius 3 is 3.10 bits per heavy atom. The summed E-state index contributed by atoms with van der Waals surface area (Å²) in [6.07, 6.45) is 3.30. The van der Waals surface area contributed by atoms with Crippen LogP contribution in [0.5, 0.6) is 0 Å². The first-order chi connectivity index (χ1) is 4.88. The third-order valence-corrected chi connectivity index (χ3v) is 1.16. The minimum atomic E-state index is 0.803. The van der Waals surface area contributed by atoms with E-state index in [1.165, 1.54) is 0 Å². The van der Waals surface area contributed by atoms with Crippen molar-refractivity contribution in [1.82, 2.24) is 9.78 Å². The summed E-state index contributed by atoms with van der Waals surface area (Å²) < 4.78 is 1.61. The maximum Gasteiger partial charge on any atom is 0.148 e. The highest BCUT2D eigenvalue weighted by molar-refractivity contribution is 5.12. The van der Waals surface area contributed by atoms with Crippen LogP contribution in [0.25, 0.3) is 6.20 Å². The largest absolute Gasteiger partial charge is 0.270 e. The molecule has 1 aromatic rings. The Bertz CT molecular complexity index is 285. The molecule has 3 heteroatoms. The lowest BCUT2D eigenvalue weighted by molar-refractivity contribution is 0.824. The summed E-state index contributed by atoms with van der Waals surface area (Å²) >= 11 is 0. The molecular formula is C7H9N3. The van der Waals surface area contributed by atoms with E-state index in [9.17, 15) is 0 Å². The Morgan fingerprint density at radius 1 is 1.80 bits per heavy atom. The molecule has 0 aliphatic rings. The van der Waals surface area contributed by atoms with E-state index in [0.29, 0.717) is 0 Å². The van der Waals surface area contributed by atoms with Crippen LogP contribution in [0.1, 0.15) is 0 Å². The Labute approximate surface area is 59.3 Å². The second-order valence-electron chi connectivity index (χ2n) is 1.73. The van der Waals surface area contributed by atoms with E-state index >= 15 is 0 Å². The Morgan fingerprint density at radius 2 is 2.60 bits per heavy atom. The first-order valence-electron chi connectivity index (χ1n) is 2.97. The average molecular weight is 135 g/mol. The van der Waals surface area contributed by atoms with Gasteiger partial charge in [0.2, 0.25) is 0 Å². The maximum absolute atomic E-state index is 3.97. The van der Waals surface area contributed by atoms with Gasteiger partial charge in [-0.25, -0.2) is 4.68 Å². The van der Waals surface area contributed by atoms with Crippen LogP contribution in [0.2, 0.25) is 0 Å². The van der Waals surface area contributed by atoms with Crippen LogP contribution in [-0.2, 0) is 0 Å². The highest BCUT2D eigenvalue weighted by Gasteiger charge is 1.82. The monoisotopic (exact) mass is 135 g/mol. The van der Waals surface area contributed by atoms with Crippen molar-refractivity contribution in [3.63, 3.8) is 0 Å². The molecule has 3 nitrogen and oxygen atoms in total. The molecule has 1 aromatic heterocycles. The fourth-order valence-electron chi connectivity index (χ4n) is 0.693. The number of hydrogen-bond donors (Lipinski definition) is 0. The second-order valence-corrected chi connectivity index (χ2v) is 1.73. The van der Waals surface area contributed by atoms with Gasteiger partial charge in [0.25, 0.3) is 0 Å². The van der Waals surface area contributed by atoms with Gasteiger partial charge in [-0.05, 0) is 12.1 Å². The van der Waals surface area contributed by atoms with Crippen molar-refractivity contribution in [3.8, 4) is 0 Å². The predicted octanol–water partition coefficient (Wildman–Crippen LogP) is 0.514. The molecule has 0 saturated carbocycles. The third kappa shape index (κ3) is 1.13. The van der Waals surface area contributed by atoms with E-state index in [0.717, 1.165) is 5.49 Å². The minimum Gasteiger partial charge on any atom is -0.270 e. The third-order valence-electron chi connectivity index (χ3n) is 1.16. The van der Waals surface area contributed by atoms with Crippen LogP contribution >= 0.6 is 0 Å². The summed E-state index contributed by atoms with van der Waals surface area (Å²) in [4.78, 5) is 3.97. The molecule has 0 aliphatic heterocycles. The van der Waals surface area contributed by atoms with Gasteiger partial charge in [0.05, 0.1) is 0 Å². The molecule has 0 saturated heterocycles. The zero-order valence-electron chi connectivity index (χ0n) is 5.86. The standard InChI is InChI=1S/C7H9N3/c1-3-10-7(8-2)5-4-6-9-10/h3-6H,1H2,2H3. The highest BCUT2D eigenvalue weighted by Crippen LogP contribution is 1.73. The van der Waals surface area contributed by atoms with Crippen LogP contribution in [0, 0.1) is 0 Å². The zero-order valence-corrected chi connectivity index (χ0v) is 5.86. The van der Waals surface area contributed by atoms with Gasteiger partial charge in [-0.3, -0.25) is 4.99 Å². The van der Waals surface area contributed by atoms with Gasteiger partial charge < -0.3 is 0 Å².